The van der Waals surface area contributed by atoms with Gasteiger partial charge in [0.2, 0.25) is 0 Å². The smallest absolute Gasteiger partial charge is 0.165 e. The zero-order valence-electron chi connectivity index (χ0n) is 15.8. The summed E-state index contributed by atoms with van der Waals surface area (Å²) in [6, 6.07) is 8.09. The van der Waals surface area contributed by atoms with Gasteiger partial charge < -0.3 is 9.47 Å². The third kappa shape index (κ3) is 3.82. The monoisotopic (exact) mass is 330 g/mol. The van der Waals surface area contributed by atoms with Crippen LogP contribution in [0.1, 0.15) is 53.0 Å². The molecule has 3 nitrogen and oxygen atoms in total. The number of methoxy groups -OCH3 is 1. The van der Waals surface area contributed by atoms with Crippen molar-refractivity contribution in [2.24, 2.45) is 10.8 Å². The van der Waals surface area contributed by atoms with Crippen molar-refractivity contribution in [3.8, 4) is 5.75 Å². The highest BCUT2D eigenvalue weighted by atomic mass is 16.5. The Morgan fingerprint density at radius 2 is 1.75 bits per heavy atom. The molecule has 1 atom stereocenters. The van der Waals surface area contributed by atoms with Gasteiger partial charge in [-0.2, -0.15) is 0 Å². The van der Waals surface area contributed by atoms with Gasteiger partial charge in [-0.1, -0.05) is 32.9 Å². The summed E-state index contributed by atoms with van der Waals surface area (Å²) in [6.07, 6.45) is 4.33. The molecule has 0 fully saturated rings. The van der Waals surface area contributed by atoms with Crippen LogP contribution in [-0.4, -0.2) is 19.0 Å². The molecule has 1 aliphatic carbocycles. The number of carbonyl (C=O) groups excluding carboxylic acids is 1. The van der Waals surface area contributed by atoms with Crippen molar-refractivity contribution in [1.82, 2.24) is 0 Å². The molecule has 2 rings (SSSR count). The van der Waals surface area contributed by atoms with Crippen molar-refractivity contribution in [3.63, 3.8) is 0 Å². The van der Waals surface area contributed by atoms with Crippen LogP contribution in [0.15, 0.2) is 36.1 Å². The van der Waals surface area contributed by atoms with Crippen molar-refractivity contribution < 1.29 is 14.3 Å². The molecular weight excluding hydrogens is 300 g/mol. The van der Waals surface area contributed by atoms with Gasteiger partial charge in [-0.05, 0) is 49.8 Å². The van der Waals surface area contributed by atoms with Gasteiger partial charge in [0.15, 0.2) is 5.78 Å². The Balaban J connectivity index is 2.14. The lowest BCUT2D eigenvalue weighted by molar-refractivity contribution is -0.132. The number of aryl methyl sites for hydroxylation is 1. The van der Waals surface area contributed by atoms with Gasteiger partial charge in [0.05, 0.1) is 13.2 Å². The molecule has 1 aromatic carbocycles. The SMILES string of the molecule is COc1ccc(CCC2(C)C(=O)C=C(OC(C)C)CC2(C)C)cc1. The Bertz CT molecular complexity index is 610. The summed E-state index contributed by atoms with van der Waals surface area (Å²) in [5.74, 6) is 1.86. The highest BCUT2D eigenvalue weighted by Crippen LogP contribution is 2.50. The van der Waals surface area contributed by atoms with Crippen LogP contribution in [0, 0.1) is 10.8 Å². The number of ether oxygens (including phenoxy) is 2. The van der Waals surface area contributed by atoms with E-state index in [-0.39, 0.29) is 22.7 Å². The van der Waals surface area contributed by atoms with Gasteiger partial charge in [0, 0.05) is 17.9 Å². The summed E-state index contributed by atoms with van der Waals surface area (Å²) in [5.41, 5.74) is 0.723. The Hall–Kier alpha value is -1.77. The van der Waals surface area contributed by atoms with E-state index in [1.807, 2.05) is 26.0 Å². The van der Waals surface area contributed by atoms with Crippen molar-refractivity contribution in [3.05, 3.63) is 41.7 Å². The van der Waals surface area contributed by atoms with Gasteiger partial charge in [0.1, 0.15) is 11.5 Å². The Kier molecular flexibility index (Phi) is 5.42. The summed E-state index contributed by atoms with van der Waals surface area (Å²) in [5, 5.41) is 0. The Morgan fingerprint density at radius 1 is 1.12 bits per heavy atom. The molecule has 3 heteroatoms. The van der Waals surface area contributed by atoms with Crippen LogP contribution in [0.3, 0.4) is 0 Å². The maximum Gasteiger partial charge on any atom is 0.165 e. The molecule has 0 heterocycles. The molecule has 0 N–H and O–H groups in total. The number of rotatable bonds is 6. The van der Waals surface area contributed by atoms with E-state index in [9.17, 15) is 4.79 Å². The average molecular weight is 330 g/mol. The van der Waals surface area contributed by atoms with Crippen LogP contribution in [0.2, 0.25) is 0 Å². The predicted molar refractivity (Wildman–Crippen MR) is 97.1 cm³/mol. The molecule has 0 aliphatic heterocycles. The third-order valence-corrected chi connectivity index (χ3v) is 5.41. The highest BCUT2D eigenvalue weighted by molar-refractivity contribution is 5.96. The fraction of sp³-hybridized carbons (Fsp3) is 0.571. The van der Waals surface area contributed by atoms with Gasteiger partial charge >= 0.3 is 0 Å². The van der Waals surface area contributed by atoms with E-state index in [4.69, 9.17) is 9.47 Å². The van der Waals surface area contributed by atoms with Crippen LogP contribution >= 0.6 is 0 Å². The molecular formula is C21H30O3. The second-order valence-corrected chi connectivity index (χ2v) is 7.88. The first kappa shape index (κ1) is 18.6. The molecule has 132 valence electrons. The number of ketones is 1. The number of benzene rings is 1. The molecule has 0 amide bonds. The largest absolute Gasteiger partial charge is 0.497 e. The minimum Gasteiger partial charge on any atom is -0.497 e. The molecule has 1 aliphatic rings. The molecule has 24 heavy (non-hydrogen) atoms. The van der Waals surface area contributed by atoms with Gasteiger partial charge in [-0.25, -0.2) is 0 Å². The number of carbonyl (C=O) groups is 1. The Labute approximate surface area is 146 Å². The lowest BCUT2D eigenvalue weighted by atomic mass is 9.57. The van der Waals surface area contributed by atoms with E-state index >= 15 is 0 Å². The van der Waals surface area contributed by atoms with Crippen LogP contribution in [-0.2, 0) is 16.0 Å². The van der Waals surface area contributed by atoms with Crippen molar-refractivity contribution in [1.29, 1.82) is 0 Å². The van der Waals surface area contributed by atoms with Crippen LogP contribution < -0.4 is 4.74 Å². The first-order chi connectivity index (χ1) is 11.2. The van der Waals surface area contributed by atoms with Gasteiger partial charge in [-0.3, -0.25) is 4.79 Å². The quantitative estimate of drug-likeness (QED) is 0.741. The van der Waals surface area contributed by atoms with Crippen molar-refractivity contribution in [2.75, 3.05) is 7.11 Å². The first-order valence-corrected chi connectivity index (χ1v) is 8.72. The molecule has 0 saturated carbocycles. The van der Waals surface area contributed by atoms with E-state index < -0.39 is 0 Å². The number of allylic oxidation sites excluding steroid dienone is 2. The number of hydrogen-bond acceptors (Lipinski definition) is 3. The maximum atomic E-state index is 12.9. The zero-order valence-corrected chi connectivity index (χ0v) is 15.8. The van der Waals surface area contributed by atoms with Crippen LogP contribution in [0.4, 0.5) is 0 Å². The molecule has 1 unspecified atom stereocenters. The fourth-order valence-electron chi connectivity index (χ4n) is 3.35. The molecule has 0 aromatic heterocycles. The fourth-order valence-corrected chi connectivity index (χ4v) is 3.35. The highest BCUT2D eigenvalue weighted by Gasteiger charge is 2.49. The van der Waals surface area contributed by atoms with Gasteiger partial charge in [0.25, 0.3) is 0 Å². The van der Waals surface area contributed by atoms with E-state index in [1.54, 1.807) is 13.2 Å². The van der Waals surface area contributed by atoms with Crippen LogP contribution in [0.5, 0.6) is 5.75 Å². The average Bonchev–Trinajstić information content (AvgIpc) is 2.50. The minimum atomic E-state index is -0.378. The zero-order chi connectivity index (χ0) is 18.0. The summed E-state index contributed by atoms with van der Waals surface area (Å²) in [7, 11) is 1.67. The first-order valence-electron chi connectivity index (χ1n) is 8.72. The molecule has 0 bridgehead atoms. The Morgan fingerprint density at radius 3 is 2.25 bits per heavy atom. The minimum absolute atomic E-state index is 0.100. The van der Waals surface area contributed by atoms with Crippen LogP contribution in [0.25, 0.3) is 0 Å². The summed E-state index contributed by atoms with van der Waals surface area (Å²) >= 11 is 0. The molecule has 0 radical (unpaired) electrons. The lowest BCUT2D eigenvalue weighted by Crippen LogP contribution is -2.45. The van der Waals surface area contributed by atoms with Crippen molar-refractivity contribution in [2.45, 2.75) is 60.0 Å². The van der Waals surface area contributed by atoms with Crippen molar-refractivity contribution >= 4 is 5.78 Å². The van der Waals surface area contributed by atoms with E-state index in [1.165, 1.54) is 5.56 Å². The summed E-state index contributed by atoms with van der Waals surface area (Å²) in [4.78, 5) is 12.9. The van der Waals surface area contributed by atoms with Gasteiger partial charge in [-0.15, -0.1) is 0 Å². The van der Waals surface area contributed by atoms with E-state index in [0.29, 0.717) is 0 Å². The maximum absolute atomic E-state index is 12.9. The topological polar surface area (TPSA) is 35.5 Å². The molecule has 0 saturated heterocycles. The second-order valence-electron chi connectivity index (χ2n) is 7.88. The second kappa shape index (κ2) is 7.00. The number of hydrogen-bond donors (Lipinski definition) is 0. The third-order valence-electron chi connectivity index (χ3n) is 5.41. The lowest BCUT2D eigenvalue weighted by Gasteiger charge is -2.46. The molecule has 0 spiro atoms. The summed E-state index contributed by atoms with van der Waals surface area (Å²) < 4.78 is 11.0. The standard InChI is InChI=1S/C21H30O3/c1-15(2)24-18-13-19(22)21(5,20(3,4)14-18)12-11-16-7-9-17(23-6)10-8-16/h7-10,13,15H,11-12,14H2,1-6H3. The normalized spacial score (nSPS) is 23.1. The summed E-state index contributed by atoms with van der Waals surface area (Å²) in [6.45, 7) is 10.4. The predicted octanol–water partition coefficient (Wildman–Crippen LogP) is 4.94. The van der Waals surface area contributed by atoms with E-state index in [0.717, 1.165) is 30.8 Å². The van der Waals surface area contributed by atoms with E-state index in [2.05, 4.69) is 32.9 Å². The molecule has 1 aromatic rings.